The van der Waals surface area contributed by atoms with Crippen molar-refractivity contribution in [3.8, 4) is 0 Å². The molecule has 22 heavy (non-hydrogen) atoms. The van der Waals surface area contributed by atoms with E-state index in [1.165, 1.54) is 24.8 Å². The van der Waals surface area contributed by atoms with E-state index in [-0.39, 0.29) is 24.8 Å². The molecule has 2 aliphatic rings. The van der Waals surface area contributed by atoms with E-state index in [1.807, 2.05) is 6.07 Å². The van der Waals surface area contributed by atoms with Gasteiger partial charge in [0.25, 0.3) is 0 Å². The number of anilines is 1. The number of hydrogen-bond donors (Lipinski definition) is 2. The Kier molecular flexibility index (Phi) is 8.48. The molecule has 0 spiro atoms. The topological polar surface area (TPSA) is 41.3 Å². The van der Waals surface area contributed by atoms with Gasteiger partial charge in [0.2, 0.25) is 0 Å². The zero-order valence-electron chi connectivity index (χ0n) is 12.4. The van der Waals surface area contributed by atoms with Crippen LogP contribution in [0.1, 0.15) is 30.9 Å². The Morgan fingerprint density at radius 2 is 1.77 bits per heavy atom. The quantitative estimate of drug-likeness (QED) is 0.637. The van der Waals surface area contributed by atoms with Crippen LogP contribution in [0.25, 0.3) is 0 Å². The van der Waals surface area contributed by atoms with Gasteiger partial charge in [0.1, 0.15) is 0 Å². The van der Waals surface area contributed by atoms with Crippen molar-refractivity contribution in [2.24, 2.45) is 5.92 Å². The zero-order valence-corrected chi connectivity index (χ0v) is 17.2. The zero-order chi connectivity index (χ0) is 14.1. The van der Waals surface area contributed by atoms with Gasteiger partial charge >= 0.3 is 0 Å². The molecule has 0 amide bonds. The Balaban J connectivity index is 0.00000121. The van der Waals surface area contributed by atoms with Gasteiger partial charge in [-0.2, -0.15) is 0 Å². The van der Waals surface area contributed by atoms with Crippen molar-refractivity contribution in [2.45, 2.75) is 25.3 Å². The first-order chi connectivity index (χ1) is 9.66. The predicted molar refractivity (Wildman–Crippen MR) is 105 cm³/mol. The lowest BCUT2D eigenvalue weighted by molar-refractivity contribution is 0.0841. The smallest absolute Gasteiger partial charge is 0.0507 e. The normalized spacial score (nSPS) is 20.5. The molecule has 1 aromatic rings. The van der Waals surface area contributed by atoms with E-state index in [9.17, 15) is 0 Å². The van der Waals surface area contributed by atoms with Gasteiger partial charge in [0.05, 0.1) is 5.69 Å². The second-order valence-electron chi connectivity index (χ2n) is 5.81. The molecule has 0 bridgehead atoms. The molecule has 1 aliphatic carbocycles. The molecule has 1 atom stereocenters. The lowest BCUT2D eigenvalue weighted by atomic mass is 9.76. The summed E-state index contributed by atoms with van der Waals surface area (Å²) >= 11 is 7.20. The van der Waals surface area contributed by atoms with Gasteiger partial charge in [-0.1, -0.05) is 22.4 Å². The van der Waals surface area contributed by atoms with Crippen molar-refractivity contribution >= 4 is 62.4 Å². The third kappa shape index (κ3) is 4.31. The van der Waals surface area contributed by atoms with Gasteiger partial charge in [-0.3, -0.25) is 4.90 Å². The first-order valence-corrected chi connectivity index (χ1v) is 8.94. The van der Waals surface area contributed by atoms with Crippen LogP contribution in [0.5, 0.6) is 0 Å². The van der Waals surface area contributed by atoms with Gasteiger partial charge in [-0.05, 0) is 52.4 Å². The Morgan fingerprint density at radius 1 is 1.14 bits per heavy atom. The summed E-state index contributed by atoms with van der Waals surface area (Å²) in [6.07, 6.45) is 4.03. The predicted octanol–water partition coefficient (Wildman–Crippen LogP) is 4.38. The van der Waals surface area contributed by atoms with Crippen LogP contribution in [0, 0.1) is 5.92 Å². The average Bonchev–Trinajstić information content (AvgIpc) is 2.39. The highest BCUT2D eigenvalue weighted by molar-refractivity contribution is 9.11. The Bertz CT molecular complexity index is 492. The number of nitrogens with zero attached hydrogens (tertiary/aromatic N) is 1. The third-order valence-electron chi connectivity index (χ3n) is 4.59. The molecule has 1 saturated heterocycles. The summed E-state index contributed by atoms with van der Waals surface area (Å²) < 4.78 is 2.11. The van der Waals surface area contributed by atoms with Gasteiger partial charge < -0.3 is 11.1 Å². The monoisotopic (exact) mass is 473 g/mol. The van der Waals surface area contributed by atoms with Crippen molar-refractivity contribution in [1.29, 1.82) is 0 Å². The summed E-state index contributed by atoms with van der Waals surface area (Å²) in [7, 11) is 0. The van der Waals surface area contributed by atoms with Crippen molar-refractivity contribution in [1.82, 2.24) is 10.2 Å². The highest BCUT2D eigenvalue weighted by Gasteiger charge is 2.35. The lowest BCUT2D eigenvalue weighted by Crippen LogP contribution is -2.48. The molecule has 126 valence electrons. The molecule has 0 aromatic heterocycles. The highest BCUT2D eigenvalue weighted by atomic mass is 79.9. The summed E-state index contributed by atoms with van der Waals surface area (Å²) in [6, 6.07) is 4.72. The van der Waals surface area contributed by atoms with E-state index in [2.05, 4.69) is 48.1 Å². The van der Waals surface area contributed by atoms with E-state index in [0.717, 1.165) is 46.7 Å². The second kappa shape index (κ2) is 9.09. The van der Waals surface area contributed by atoms with E-state index in [0.29, 0.717) is 6.04 Å². The van der Waals surface area contributed by atoms with Crippen LogP contribution in [0.3, 0.4) is 0 Å². The number of nitrogens with two attached hydrogens (primary N) is 1. The molecule has 1 heterocycles. The van der Waals surface area contributed by atoms with Gasteiger partial charge in [-0.15, -0.1) is 24.8 Å². The number of nitrogens with one attached hydrogen (secondary N) is 1. The summed E-state index contributed by atoms with van der Waals surface area (Å²) in [4.78, 5) is 2.62. The van der Waals surface area contributed by atoms with E-state index >= 15 is 0 Å². The summed E-state index contributed by atoms with van der Waals surface area (Å²) in [5.41, 5.74) is 8.56. The Labute approximate surface area is 161 Å². The summed E-state index contributed by atoms with van der Waals surface area (Å²) in [5, 5.41) is 3.44. The molecule has 7 heteroatoms. The van der Waals surface area contributed by atoms with Gasteiger partial charge in [0, 0.05) is 41.2 Å². The maximum atomic E-state index is 6.37. The van der Waals surface area contributed by atoms with Crippen molar-refractivity contribution < 1.29 is 0 Å². The third-order valence-corrected chi connectivity index (χ3v) is 5.70. The fraction of sp³-hybridized carbons (Fsp3) is 0.600. The van der Waals surface area contributed by atoms with Crippen LogP contribution in [0.15, 0.2) is 21.1 Å². The molecular weight excluding hydrogens is 453 g/mol. The second-order valence-corrected chi connectivity index (χ2v) is 7.58. The number of rotatable bonds is 3. The molecule has 3 nitrogen and oxygen atoms in total. The minimum atomic E-state index is 0. The van der Waals surface area contributed by atoms with Crippen LogP contribution >= 0.6 is 56.7 Å². The minimum absolute atomic E-state index is 0. The number of halogens is 4. The van der Waals surface area contributed by atoms with Gasteiger partial charge in [0.15, 0.2) is 0 Å². The molecule has 1 aliphatic heterocycles. The average molecular weight is 476 g/mol. The minimum Gasteiger partial charge on any atom is -0.398 e. The SMILES string of the molecule is Cl.Cl.Nc1c(Br)cc(Br)cc1[C@H](C1CCC1)N1CCNCC1. The standard InChI is InChI=1S/C15H21Br2N3.2ClH/c16-11-8-12(14(18)13(17)9-11)15(10-2-1-3-10)20-6-4-19-5-7-20;;/h8-10,15,19H,1-7,18H2;2*1H/t15-;;/m0../s1. The maximum absolute atomic E-state index is 6.37. The molecule has 3 rings (SSSR count). The van der Waals surface area contributed by atoms with E-state index < -0.39 is 0 Å². The first-order valence-electron chi connectivity index (χ1n) is 7.36. The summed E-state index contributed by atoms with van der Waals surface area (Å²) in [6.45, 7) is 4.39. The fourth-order valence-corrected chi connectivity index (χ4v) is 4.57. The van der Waals surface area contributed by atoms with Crippen molar-refractivity contribution in [3.05, 3.63) is 26.6 Å². The molecule has 0 radical (unpaired) electrons. The summed E-state index contributed by atoms with van der Waals surface area (Å²) in [5.74, 6) is 0.761. The van der Waals surface area contributed by atoms with Crippen LogP contribution in [0.4, 0.5) is 5.69 Å². The lowest BCUT2D eigenvalue weighted by Gasteiger charge is -2.43. The van der Waals surface area contributed by atoms with Gasteiger partial charge in [-0.25, -0.2) is 0 Å². The molecule has 1 aromatic carbocycles. The molecule has 0 unspecified atom stereocenters. The number of benzene rings is 1. The molecule has 1 saturated carbocycles. The molecular formula is C15H23Br2Cl2N3. The van der Waals surface area contributed by atoms with E-state index in [1.54, 1.807) is 0 Å². The maximum Gasteiger partial charge on any atom is 0.0507 e. The van der Waals surface area contributed by atoms with Crippen LogP contribution < -0.4 is 11.1 Å². The first kappa shape index (κ1) is 20.5. The number of nitrogen functional groups attached to an aromatic ring is 1. The highest BCUT2D eigenvalue weighted by Crippen LogP contribution is 2.45. The molecule has 3 N–H and O–H groups in total. The van der Waals surface area contributed by atoms with Crippen molar-refractivity contribution in [3.63, 3.8) is 0 Å². The largest absolute Gasteiger partial charge is 0.398 e. The van der Waals surface area contributed by atoms with Crippen LogP contribution in [0.2, 0.25) is 0 Å². The van der Waals surface area contributed by atoms with Crippen molar-refractivity contribution in [2.75, 3.05) is 31.9 Å². The van der Waals surface area contributed by atoms with Crippen LogP contribution in [-0.4, -0.2) is 31.1 Å². The number of piperazine rings is 1. The van der Waals surface area contributed by atoms with Crippen LogP contribution in [-0.2, 0) is 0 Å². The fourth-order valence-electron chi connectivity index (χ4n) is 3.31. The number of hydrogen-bond acceptors (Lipinski definition) is 3. The Hall–Kier alpha value is 0.480. The Morgan fingerprint density at radius 3 is 2.32 bits per heavy atom. The molecule has 2 fully saturated rings. The van der Waals surface area contributed by atoms with E-state index in [4.69, 9.17) is 5.73 Å².